The van der Waals surface area contributed by atoms with Crippen LogP contribution in [0.2, 0.25) is 0 Å². The Kier molecular flexibility index (Phi) is 5.75. The Labute approximate surface area is 108 Å². The molecule has 0 aliphatic rings. The van der Waals surface area contributed by atoms with E-state index in [1.165, 1.54) is 0 Å². The molecule has 1 aromatic carbocycles. The number of nitrogens with one attached hydrogen (secondary N) is 1. The van der Waals surface area contributed by atoms with E-state index >= 15 is 0 Å². The lowest BCUT2D eigenvalue weighted by atomic mass is 10.1. The third kappa shape index (κ3) is 4.48. The Hall–Kier alpha value is -1.99. The smallest absolute Gasteiger partial charge is 0.317 e. The third-order valence-corrected chi connectivity index (χ3v) is 2.53. The van der Waals surface area contributed by atoms with Crippen LogP contribution in [0.3, 0.4) is 0 Å². The first-order valence-electron chi connectivity index (χ1n) is 5.94. The first-order valence-corrected chi connectivity index (χ1v) is 5.94. The molecule has 4 nitrogen and oxygen atoms in total. The van der Waals surface area contributed by atoms with Gasteiger partial charge in [-0.25, -0.2) is 4.79 Å². The average molecular weight is 245 g/mol. The van der Waals surface area contributed by atoms with Crippen LogP contribution in [0.1, 0.15) is 18.1 Å². The summed E-state index contributed by atoms with van der Waals surface area (Å²) in [5, 5.41) is 2.85. The van der Waals surface area contributed by atoms with Crippen LogP contribution in [-0.2, 0) is 6.54 Å². The van der Waals surface area contributed by atoms with Crippen molar-refractivity contribution in [2.24, 2.45) is 5.73 Å². The molecule has 0 aliphatic carbocycles. The minimum Gasteiger partial charge on any atom is -0.334 e. The van der Waals surface area contributed by atoms with Gasteiger partial charge in [-0.15, -0.1) is 0 Å². The molecule has 0 fully saturated rings. The van der Waals surface area contributed by atoms with Gasteiger partial charge in [0, 0.05) is 25.7 Å². The van der Waals surface area contributed by atoms with Crippen LogP contribution in [0, 0.1) is 11.8 Å². The molecular weight excluding hydrogens is 226 g/mol. The molecule has 0 atom stereocenters. The Balaban J connectivity index is 2.60. The number of nitrogens with two attached hydrogens (primary N) is 1. The molecule has 0 heterocycles. The molecule has 96 valence electrons. The molecule has 0 radical (unpaired) electrons. The lowest BCUT2D eigenvalue weighted by Gasteiger charge is -2.15. The van der Waals surface area contributed by atoms with Gasteiger partial charge in [-0.1, -0.05) is 24.0 Å². The maximum atomic E-state index is 11.6. The van der Waals surface area contributed by atoms with Crippen LogP contribution in [0.25, 0.3) is 0 Å². The first-order chi connectivity index (χ1) is 8.67. The molecule has 3 N–H and O–H groups in total. The monoisotopic (exact) mass is 245 g/mol. The summed E-state index contributed by atoms with van der Waals surface area (Å²) in [6, 6.07) is 7.68. The maximum absolute atomic E-state index is 11.6. The Morgan fingerprint density at radius 2 is 2.28 bits per heavy atom. The van der Waals surface area contributed by atoms with Gasteiger partial charge in [-0.3, -0.25) is 0 Å². The minimum atomic E-state index is -0.0732. The summed E-state index contributed by atoms with van der Waals surface area (Å²) in [5.41, 5.74) is 7.26. The number of amides is 2. The van der Waals surface area contributed by atoms with Crippen LogP contribution >= 0.6 is 0 Å². The second-order valence-corrected chi connectivity index (χ2v) is 3.88. The van der Waals surface area contributed by atoms with Crippen LogP contribution in [0.5, 0.6) is 0 Å². The minimum absolute atomic E-state index is 0.0732. The van der Waals surface area contributed by atoms with Crippen LogP contribution in [0.4, 0.5) is 4.79 Å². The van der Waals surface area contributed by atoms with E-state index < -0.39 is 0 Å². The molecule has 0 saturated carbocycles. The standard InChI is InChI=1S/C14H19N3O/c1-3-17(2)14(18)16-11-13-7-4-6-12(10-13)8-5-9-15/h4,6-7,10H,3,9,11,15H2,1-2H3,(H,16,18). The number of benzene rings is 1. The zero-order valence-electron chi connectivity index (χ0n) is 10.9. The fourth-order valence-corrected chi connectivity index (χ4v) is 1.37. The highest BCUT2D eigenvalue weighted by Gasteiger charge is 2.04. The number of carbonyl (C=O) groups excluding carboxylic acids is 1. The molecule has 1 aromatic rings. The van der Waals surface area contributed by atoms with E-state index in [2.05, 4.69) is 17.2 Å². The van der Waals surface area contributed by atoms with Gasteiger partial charge in [0.2, 0.25) is 0 Å². The molecular formula is C14H19N3O. The van der Waals surface area contributed by atoms with Gasteiger partial charge in [0.05, 0.1) is 6.54 Å². The molecule has 0 spiro atoms. The normalized spacial score (nSPS) is 9.28. The van der Waals surface area contributed by atoms with E-state index in [-0.39, 0.29) is 6.03 Å². The van der Waals surface area contributed by atoms with Crippen molar-refractivity contribution in [2.75, 3.05) is 20.1 Å². The largest absolute Gasteiger partial charge is 0.334 e. The number of rotatable bonds is 3. The Morgan fingerprint density at radius 3 is 2.94 bits per heavy atom. The SMILES string of the molecule is CCN(C)C(=O)NCc1cccc(C#CCN)c1. The molecule has 1 rings (SSSR count). The lowest BCUT2D eigenvalue weighted by Crippen LogP contribution is -2.36. The van der Waals surface area contributed by atoms with Crippen molar-refractivity contribution in [3.63, 3.8) is 0 Å². The molecule has 18 heavy (non-hydrogen) atoms. The van der Waals surface area contributed by atoms with Crippen molar-refractivity contribution < 1.29 is 4.79 Å². The number of nitrogens with zero attached hydrogens (tertiary/aromatic N) is 1. The van der Waals surface area contributed by atoms with Crippen molar-refractivity contribution in [3.05, 3.63) is 35.4 Å². The summed E-state index contributed by atoms with van der Waals surface area (Å²) in [5.74, 6) is 5.77. The molecule has 0 unspecified atom stereocenters. The fraction of sp³-hybridized carbons (Fsp3) is 0.357. The van der Waals surface area contributed by atoms with Crippen LogP contribution in [0.15, 0.2) is 24.3 Å². The van der Waals surface area contributed by atoms with Crippen molar-refractivity contribution in [1.82, 2.24) is 10.2 Å². The summed E-state index contributed by atoms with van der Waals surface area (Å²) < 4.78 is 0. The predicted octanol–water partition coefficient (Wildman–Crippen LogP) is 1.16. The van der Waals surface area contributed by atoms with Gasteiger partial charge in [0.1, 0.15) is 0 Å². The number of hydrogen-bond donors (Lipinski definition) is 2. The summed E-state index contributed by atoms with van der Waals surface area (Å²) in [6.07, 6.45) is 0. The van der Waals surface area contributed by atoms with Crippen LogP contribution in [-0.4, -0.2) is 31.1 Å². The summed E-state index contributed by atoms with van der Waals surface area (Å²) >= 11 is 0. The van der Waals surface area contributed by atoms with E-state index in [4.69, 9.17) is 5.73 Å². The van der Waals surface area contributed by atoms with E-state index in [1.54, 1.807) is 11.9 Å². The molecule has 4 heteroatoms. The molecule has 0 bridgehead atoms. The topological polar surface area (TPSA) is 58.4 Å². The predicted molar refractivity (Wildman–Crippen MR) is 72.9 cm³/mol. The molecule has 0 aliphatic heterocycles. The second-order valence-electron chi connectivity index (χ2n) is 3.88. The van der Waals surface area contributed by atoms with Crippen molar-refractivity contribution in [3.8, 4) is 11.8 Å². The van der Waals surface area contributed by atoms with Gasteiger partial charge in [-0.05, 0) is 24.6 Å². The first kappa shape index (κ1) is 14.1. The maximum Gasteiger partial charge on any atom is 0.317 e. The average Bonchev–Trinajstić information content (AvgIpc) is 2.42. The summed E-state index contributed by atoms with van der Waals surface area (Å²) in [6.45, 7) is 3.47. The van der Waals surface area contributed by atoms with E-state index in [0.29, 0.717) is 19.6 Å². The van der Waals surface area contributed by atoms with Crippen molar-refractivity contribution >= 4 is 6.03 Å². The number of carbonyl (C=O) groups is 1. The zero-order valence-corrected chi connectivity index (χ0v) is 10.9. The highest BCUT2D eigenvalue weighted by atomic mass is 16.2. The van der Waals surface area contributed by atoms with Crippen molar-refractivity contribution in [1.29, 1.82) is 0 Å². The highest BCUT2D eigenvalue weighted by molar-refractivity contribution is 5.73. The lowest BCUT2D eigenvalue weighted by molar-refractivity contribution is 0.210. The summed E-state index contributed by atoms with van der Waals surface area (Å²) in [4.78, 5) is 13.2. The van der Waals surface area contributed by atoms with Gasteiger partial charge < -0.3 is 16.0 Å². The zero-order chi connectivity index (χ0) is 13.4. The highest BCUT2D eigenvalue weighted by Crippen LogP contribution is 2.04. The van der Waals surface area contributed by atoms with E-state index in [0.717, 1.165) is 11.1 Å². The molecule has 0 saturated heterocycles. The van der Waals surface area contributed by atoms with E-state index in [1.807, 2.05) is 31.2 Å². The van der Waals surface area contributed by atoms with Gasteiger partial charge >= 0.3 is 6.03 Å². The van der Waals surface area contributed by atoms with Crippen molar-refractivity contribution in [2.45, 2.75) is 13.5 Å². The van der Waals surface area contributed by atoms with Gasteiger partial charge in [0.15, 0.2) is 0 Å². The Morgan fingerprint density at radius 1 is 1.50 bits per heavy atom. The molecule has 0 aromatic heterocycles. The third-order valence-electron chi connectivity index (χ3n) is 2.53. The van der Waals surface area contributed by atoms with E-state index in [9.17, 15) is 4.79 Å². The Bertz CT molecular complexity index is 460. The number of urea groups is 1. The fourth-order valence-electron chi connectivity index (χ4n) is 1.37. The van der Waals surface area contributed by atoms with Crippen LogP contribution < -0.4 is 11.1 Å². The van der Waals surface area contributed by atoms with Gasteiger partial charge in [-0.2, -0.15) is 0 Å². The number of hydrogen-bond acceptors (Lipinski definition) is 2. The summed E-state index contributed by atoms with van der Waals surface area (Å²) in [7, 11) is 1.76. The second kappa shape index (κ2) is 7.36. The van der Waals surface area contributed by atoms with Gasteiger partial charge in [0.25, 0.3) is 0 Å². The quantitative estimate of drug-likeness (QED) is 0.785. The molecule has 2 amide bonds.